The fourth-order valence-electron chi connectivity index (χ4n) is 3.23. The van der Waals surface area contributed by atoms with Gasteiger partial charge in [0.05, 0.1) is 18.9 Å². The number of halogens is 1. The van der Waals surface area contributed by atoms with E-state index in [2.05, 4.69) is 5.32 Å². The Morgan fingerprint density at radius 1 is 1.33 bits per heavy atom. The first-order valence-electron chi connectivity index (χ1n) is 9.66. The van der Waals surface area contributed by atoms with Crippen LogP contribution >= 0.6 is 11.6 Å². The van der Waals surface area contributed by atoms with Gasteiger partial charge in [0.1, 0.15) is 5.60 Å². The molecule has 1 aromatic carbocycles. The Hall–Kier alpha value is -1.84. The fourth-order valence-corrected chi connectivity index (χ4v) is 3.81. The minimum Gasteiger partial charge on any atom is -0.444 e. The van der Waals surface area contributed by atoms with Gasteiger partial charge in [-0.05, 0) is 56.9 Å². The summed E-state index contributed by atoms with van der Waals surface area (Å²) in [5, 5.41) is 3.14. The summed E-state index contributed by atoms with van der Waals surface area (Å²) in [6.07, 6.45) is 1.45. The number of alkyl carbamates (subject to hydrolysis) is 1. The molecule has 1 aromatic rings. The molecule has 8 nitrogen and oxygen atoms in total. The van der Waals surface area contributed by atoms with E-state index in [0.717, 1.165) is 17.4 Å². The third-order valence-electron chi connectivity index (χ3n) is 4.64. The van der Waals surface area contributed by atoms with E-state index in [9.17, 15) is 18.0 Å². The fraction of sp³-hybridized carbons (Fsp3) is 0.600. The molecule has 1 fully saturated rings. The van der Waals surface area contributed by atoms with Crippen LogP contribution < -0.4 is 5.32 Å². The Kier molecular flexibility index (Phi) is 7.76. The zero-order valence-electron chi connectivity index (χ0n) is 18.0. The average Bonchev–Trinajstić information content (AvgIpc) is 2.94. The highest BCUT2D eigenvalue weighted by atomic mass is 35.5. The third-order valence-corrected chi connectivity index (χ3v) is 5.58. The molecular weight excluding hydrogens is 432 g/mol. The van der Waals surface area contributed by atoms with Gasteiger partial charge >= 0.3 is 6.09 Å². The number of benzene rings is 1. The first kappa shape index (κ1) is 24.4. The number of nitrogens with one attached hydrogen (secondary N) is 1. The second-order valence-corrected chi connectivity index (χ2v) is 10.4. The van der Waals surface area contributed by atoms with Gasteiger partial charge in [-0.15, -0.1) is 0 Å². The van der Waals surface area contributed by atoms with Crippen LogP contribution in [-0.2, 0) is 30.4 Å². The van der Waals surface area contributed by atoms with Crippen LogP contribution in [0.4, 0.5) is 4.79 Å². The second kappa shape index (κ2) is 9.53. The monoisotopic (exact) mass is 460 g/mol. The number of ether oxygens (including phenoxy) is 1. The van der Waals surface area contributed by atoms with Crippen molar-refractivity contribution in [1.82, 2.24) is 10.2 Å². The minimum absolute atomic E-state index is 0.0170. The number of carbonyl (C=O) groups is 2. The van der Waals surface area contributed by atoms with Crippen LogP contribution in [0.3, 0.4) is 0 Å². The molecule has 0 aromatic heterocycles. The predicted molar refractivity (Wildman–Crippen MR) is 114 cm³/mol. The lowest BCUT2D eigenvalue weighted by atomic mass is 9.99. The maximum Gasteiger partial charge on any atom is 0.407 e. The molecule has 30 heavy (non-hydrogen) atoms. The first-order valence-corrected chi connectivity index (χ1v) is 11.9. The summed E-state index contributed by atoms with van der Waals surface area (Å²) in [5.74, 6) is -0.0170. The lowest BCUT2D eigenvalue weighted by molar-refractivity contribution is -0.129. The van der Waals surface area contributed by atoms with Crippen LogP contribution in [0.1, 0.15) is 56.3 Å². The van der Waals surface area contributed by atoms with Gasteiger partial charge in [0, 0.05) is 24.5 Å². The number of carbonyl (C=O) groups excluding carboxylic acids is 2. The highest BCUT2D eigenvalue weighted by Crippen LogP contribution is 2.35. The molecule has 1 unspecified atom stereocenters. The summed E-state index contributed by atoms with van der Waals surface area (Å²) in [4.78, 5) is 25.9. The van der Waals surface area contributed by atoms with Gasteiger partial charge in [-0.1, -0.05) is 17.7 Å². The number of nitrogens with zero attached hydrogens (tertiary/aromatic N) is 1. The molecule has 0 radical (unpaired) electrons. The first-order chi connectivity index (χ1) is 13.8. The van der Waals surface area contributed by atoms with Crippen molar-refractivity contribution >= 4 is 33.7 Å². The maximum atomic E-state index is 12.4. The number of amides is 2. The van der Waals surface area contributed by atoms with Crippen LogP contribution in [0.2, 0.25) is 5.02 Å². The minimum atomic E-state index is -3.60. The average molecular weight is 461 g/mol. The molecule has 0 spiro atoms. The van der Waals surface area contributed by atoms with E-state index in [1.807, 2.05) is 6.07 Å². The van der Waals surface area contributed by atoms with E-state index in [4.69, 9.17) is 20.5 Å². The van der Waals surface area contributed by atoms with E-state index >= 15 is 0 Å². The van der Waals surface area contributed by atoms with Gasteiger partial charge in [0.15, 0.2) is 0 Å². The molecule has 10 heteroatoms. The Labute approximate surface area is 183 Å². The second-order valence-electron chi connectivity index (χ2n) is 8.32. The number of rotatable bonds is 7. The molecule has 1 aliphatic heterocycles. The Morgan fingerprint density at radius 3 is 2.60 bits per heavy atom. The Morgan fingerprint density at radius 2 is 2.00 bits per heavy atom. The van der Waals surface area contributed by atoms with Gasteiger partial charge < -0.3 is 15.0 Å². The molecule has 0 bridgehead atoms. The standard InChI is InChI=1S/C20H29ClN2O6S/c1-13-15(12-28-30(5,26)27)10-14(11-16(13)21)17-6-7-18(24)23(17)9-8-22-19(25)29-20(2,3)4/h10-11,17H,6-9,12H2,1-5H3,(H,22,25). The van der Waals surface area contributed by atoms with Crippen LogP contribution in [0.25, 0.3) is 0 Å². The molecule has 0 saturated carbocycles. The molecule has 1 saturated heterocycles. The third kappa shape index (κ3) is 7.14. The van der Waals surface area contributed by atoms with Crippen molar-refractivity contribution in [1.29, 1.82) is 0 Å². The van der Waals surface area contributed by atoms with Crippen LogP contribution in [0.15, 0.2) is 12.1 Å². The van der Waals surface area contributed by atoms with Crippen molar-refractivity contribution in [2.45, 2.75) is 58.8 Å². The zero-order valence-corrected chi connectivity index (χ0v) is 19.5. The van der Waals surface area contributed by atoms with Gasteiger partial charge in [-0.25, -0.2) is 4.79 Å². The van der Waals surface area contributed by atoms with Crippen LogP contribution in [0, 0.1) is 6.92 Å². The number of hydrogen-bond acceptors (Lipinski definition) is 6. The Bertz CT molecular complexity index is 911. The molecule has 2 amide bonds. The van der Waals surface area contributed by atoms with E-state index in [0.29, 0.717) is 30.0 Å². The molecule has 1 heterocycles. The summed E-state index contributed by atoms with van der Waals surface area (Å²) in [6, 6.07) is 3.40. The summed E-state index contributed by atoms with van der Waals surface area (Å²) in [5.41, 5.74) is 1.58. The van der Waals surface area contributed by atoms with Gasteiger partial charge in [-0.2, -0.15) is 8.42 Å². The molecule has 2 rings (SSSR count). The van der Waals surface area contributed by atoms with Gasteiger partial charge in [0.25, 0.3) is 10.1 Å². The number of likely N-dealkylation sites (tertiary alicyclic amines) is 1. The topological polar surface area (TPSA) is 102 Å². The van der Waals surface area contributed by atoms with Gasteiger partial charge in [-0.3, -0.25) is 8.98 Å². The lowest BCUT2D eigenvalue weighted by Crippen LogP contribution is -2.39. The van der Waals surface area contributed by atoms with Gasteiger partial charge in [0.2, 0.25) is 5.91 Å². The number of hydrogen-bond donors (Lipinski definition) is 1. The molecule has 1 aliphatic rings. The van der Waals surface area contributed by atoms with E-state index < -0.39 is 21.8 Å². The van der Waals surface area contributed by atoms with E-state index in [1.165, 1.54) is 0 Å². The summed E-state index contributed by atoms with van der Waals surface area (Å²) in [6.45, 7) is 7.56. The van der Waals surface area contributed by atoms with E-state index in [-0.39, 0.29) is 25.1 Å². The van der Waals surface area contributed by atoms with Crippen LogP contribution in [-0.4, -0.2) is 50.3 Å². The van der Waals surface area contributed by atoms with Crippen LogP contribution in [0.5, 0.6) is 0 Å². The Balaban J connectivity index is 2.12. The van der Waals surface area contributed by atoms with E-state index in [1.54, 1.807) is 38.7 Å². The predicted octanol–water partition coefficient (Wildman–Crippen LogP) is 3.31. The van der Waals surface area contributed by atoms with Crippen molar-refractivity contribution in [3.63, 3.8) is 0 Å². The SMILES string of the molecule is Cc1c(Cl)cc(C2CCC(=O)N2CCNC(=O)OC(C)(C)C)cc1COS(C)(=O)=O. The molecule has 0 aliphatic carbocycles. The zero-order chi connectivity index (χ0) is 22.7. The van der Waals surface area contributed by atoms with Crippen molar-refractivity contribution in [2.24, 2.45) is 0 Å². The van der Waals surface area contributed by atoms with Crippen molar-refractivity contribution in [2.75, 3.05) is 19.3 Å². The normalized spacial score (nSPS) is 17.3. The lowest BCUT2D eigenvalue weighted by Gasteiger charge is -2.27. The maximum absolute atomic E-state index is 12.4. The molecule has 168 valence electrons. The van der Waals surface area contributed by atoms with Crippen molar-refractivity contribution in [3.05, 3.63) is 33.8 Å². The molecule has 1 atom stereocenters. The summed E-state index contributed by atoms with van der Waals surface area (Å²) in [7, 11) is -3.60. The highest BCUT2D eigenvalue weighted by Gasteiger charge is 2.32. The largest absolute Gasteiger partial charge is 0.444 e. The molecular formula is C20H29ClN2O6S. The summed E-state index contributed by atoms with van der Waals surface area (Å²) < 4.78 is 32.8. The highest BCUT2D eigenvalue weighted by molar-refractivity contribution is 7.85. The smallest absolute Gasteiger partial charge is 0.407 e. The quantitative estimate of drug-likeness (QED) is 0.626. The summed E-state index contributed by atoms with van der Waals surface area (Å²) >= 11 is 6.36. The molecule has 1 N–H and O–H groups in total. The van der Waals surface area contributed by atoms with Crippen molar-refractivity contribution in [3.8, 4) is 0 Å². The van der Waals surface area contributed by atoms with Crippen molar-refractivity contribution < 1.29 is 26.9 Å².